The zero-order valence-corrected chi connectivity index (χ0v) is 35.9. The Morgan fingerprint density at radius 3 is 2.55 bits per heavy atom. The number of carbonyl (C=O) groups is 4. The van der Waals surface area contributed by atoms with E-state index in [1.54, 1.807) is 29.6 Å². The molecule has 5 aromatic rings. The van der Waals surface area contributed by atoms with Crippen molar-refractivity contribution < 1.29 is 49.9 Å². The molecule has 2 saturated carbocycles. The Bertz CT molecular complexity index is 2790. The number of benzene rings is 2. The number of ether oxygens (including phenoxy) is 1. The summed E-state index contributed by atoms with van der Waals surface area (Å²) >= 11 is 1.14. The Labute approximate surface area is 368 Å². The lowest BCUT2D eigenvalue weighted by Gasteiger charge is -2.29. The van der Waals surface area contributed by atoms with Gasteiger partial charge in [0.25, 0.3) is 17.7 Å². The number of thiazole rings is 1. The molecule has 0 bridgehead atoms. The average molecular weight is 921 g/mol. The first-order valence-corrected chi connectivity index (χ1v) is 23.4. The van der Waals surface area contributed by atoms with E-state index >= 15 is 0 Å². The van der Waals surface area contributed by atoms with Crippen molar-refractivity contribution in [3.8, 4) is 17.3 Å². The maximum atomic E-state index is 14.9. The zero-order chi connectivity index (χ0) is 45.0. The van der Waals surface area contributed by atoms with Crippen LogP contribution in [0.15, 0.2) is 70.5 Å². The topological polar surface area (TPSA) is 215 Å². The standard InChI is InChI=1S/C43H43F3N8O8S2/c1-47-36(55)30-22-63-41(49-30)48-29-11-6-4-2-3-5-9-25-20-42(25,40(58)53-64(59,60)27-17-18-27)52-37(56)31-19-26(21-54(31)39(29)57)61-38-34-33(28-10-7-8-12-32(28)62-34)50-35(51-38)23-13-15-24(16-14-23)43(44,45)46/h5,7-10,12-16,22,25-27,29,31H,2-4,6,11,17-21H2,1H3,(H,47,55)(H,48,49)(H,52,56)(H,53,58)/b9-5-/t25-,26-,29+,31+,42-/m1/s1. The van der Waals surface area contributed by atoms with Gasteiger partial charge in [0, 0.05) is 35.7 Å². The van der Waals surface area contributed by atoms with Gasteiger partial charge in [0.15, 0.2) is 11.0 Å². The molecule has 4 amide bonds. The van der Waals surface area contributed by atoms with Crippen LogP contribution in [0.25, 0.3) is 33.5 Å². The number of carbonyl (C=O) groups excluding carboxylic acids is 4. The van der Waals surface area contributed by atoms with Gasteiger partial charge in [0.2, 0.25) is 27.4 Å². The Kier molecular flexibility index (Phi) is 11.3. The molecule has 2 aromatic carbocycles. The maximum absolute atomic E-state index is 14.9. The average Bonchev–Trinajstić information content (AvgIpc) is 4.10. The van der Waals surface area contributed by atoms with E-state index in [2.05, 4.69) is 35.6 Å². The number of hydrogen-bond donors (Lipinski definition) is 4. The highest BCUT2D eigenvalue weighted by atomic mass is 32.2. The second-order valence-electron chi connectivity index (χ2n) is 16.5. The molecule has 4 aliphatic rings. The highest BCUT2D eigenvalue weighted by Crippen LogP contribution is 2.46. The van der Waals surface area contributed by atoms with Crippen LogP contribution in [0.4, 0.5) is 18.3 Å². The first kappa shape index (κ1) is 43.2. The zero-order valence-electron chi connectivity index (χ0n) is 34.3. The molecule has 5 heterocycles. The molecule has 3 fully saturated rings. The molecule has 21 heteroatoms. The van der Waals surface area contributed by atoms with Gasteiger partial charge in [-0.15, -0.1) is 11.3 Å². The second-order valence-corrected chi connectivity index (χ2v) is 19.3. The van der Waals surface area contributed by atoms with Gasteiger partial charge in [-0.05, 0) is 62.8 Å². The summed E-state index contributed by atoms with van der Waals surface area (Å²) in [7, 11) is -2.50. The first-order chi connectivity index (χ1) is 30.6. The summed E-state index contributed by atoms with van der Waals surface area (Å²) in [5.74, 6) is -3.00. The van der Waals surface area contributed by atoms with Crippen molar-refractivity contribution in [2.45, 2.75) is 92.9 Å². The molecule has 3 aromatic heterocycles. The van der Waals surface area contributed by atoms with Crippen molar-refractivity contribution in [1.82, 2.24) is 35.2 Å². The molecule has 0 unspecified atom stereocenters. The van der Waals surface area contributed by atoms with Gasteiger partial charge in [0.05, 0.1) is 17.4 Å². The van der Waals surface area contributed by atoms with Crippen LogP contribution in [0.2, 0.25) is 0 Å². The maximum Gasteiger partial charge on any atom is 0.416 e. The Morgan fingerprint density at radius 2 is 1.80 bits per heavy atom. The Morgan fingerprint density at radius 1 is 1.02 bits per heavy atom. The Hall–Kier alpha value is -6.09. The molecule has 0 radical (unpaired) electrons. The van der Waals surface area contributed by atoms with E-state index in [1.807, 2.05) is 12.2 Å². The second kappa shape index (κ2) is 16.8. The molecule has 64 heavy (non-hydrogen) atoms. The number of halogens is 3. The number of alkyl halides is 3. The number of para-hydroxylation sites is 1. The lowest BCUT2D eigenvalue weighted by atomic mass is 10.1. The third-order valence-electron chi connectivity index (χ3n) is 12.0. The van der Waals surface area contributed by atoms with Crippen LogP contribution in [0.1, 0.15) is 73.8 Å². The van der Waals surface area contributed by atoms with Crippen LogP contribution < -0.4 is 25.4 Å². The van der Waals surface area contributed by atoms with Crippen molar-refractivity contribution in [2.24, 2.45) is 5.92 Å². The lowest BCUT2D eigenvalue weighted by Crippen LogP contribution is -2.57. The van der Waals surface area contributed by atoms with E-state index < -0.39 is 80.3 Å². The highest BCUT2D eigenvalue weighted by molar-refractivity contribution is 7.91. The molecule has 2 aliphatic heterocycles. The molecule has 16 nitrogen and oxygen atoms in total. The number of hydrogen-bond acceptors (Lipinski definition) is 13. The summed E-state index contributed by atoms with van der Waals surface area (Å²) in [4.78, 5) is 70.8. The van der Waals surface area contributed by atoms with Gasteiger partial charge in [0.1, 0.15) is 40.5 Å². The van der Waals surface area contributed by atoms with E-state index in [9.17, 15) is 40.8 Å². The molecule has 0 spiro atoms. The molecule has 1 saturated heterocycles. The monoisotopic (exact) mass is 920 g/mol. The Balaban J connectivity index is 1.07. The number of nitrogens with zero attached hydrogens (tertiary/aromatic N) is 4. The number of furan rings is 1. The van der Waals surface area contributed by atoms with Crippen molar-refractivity contribution in [1.29, 1.82) is 0 Å². The number of amides is 4. The summed E-state index contributed by atoms with van der Waals surface area (Å²) in [6.45, 7) is -0.156. The van der Waals surface area contributed by atoms with Crippen LogP contribution in [-0.2, 0) is 30.6 Å². The third kappa shape index (κ3) is 8.61. The van der Waals surface area contributed by atoms with E-state index in [1.165, 1.54) is 24.1 Å². The summed E-state index contributed by atoms with van der Waals surface area (Å²) in [5, 5.41) is 10.3. The minimum atomic E-state index is -4.57. The molecule has 9 rings (SSSR count). The van der Waals surface area contributed by atoms with Crippen molar-refractivity contribution in [2.75, 3.05) is 18.9 Å². The van der Waals surface area contributed by atoms with Gasteiger partial charge in [-0.1, -0.05) is 49.3 Å². The highest BCUT2D eigenvalue weighted by Gasteiger charge is 2.62. The molecular weight excluding hydrogens is 878 g/mol. The van der Waals surface area contributed by atoms with Crippen LogP contribution in [0, 0.1) is 5.92 Å². The smallest absolute Gasteiger partial charge is 0.416 e. The van der Waals surface area contributed by atoms with Crippen molar-refractivity contribution in [3.63, 3.8) is 0 Å². The normalized spacial score (nSPS) is 24.8. The summed E-state index contributed by atoms with van der Waals surface area (Å²) in [6.07, 6.45) is 2.23. The quantitative estimate of drug-likeness (QED) is 0.131. The number of sulfonamides is 1. The fraction of sp³-hybridized carbons (Fsp3) is 0.419. The number of nitrogens with one attached hydrogen (secondary N) is 4. The lowest BCUT2D eigenvalue weighted by molar-refractivity contribution is -0.140. The first-order valence-electron chi connectivity index (χ1n) is 21.0. The van der Waals surface area contributed by atoms with E-state index in [4.69, 9.17) is 9.15 Å². The molecule has 5 atom stereocenters. The molecular formula is C43H43F3N8O8S2. The van der Waals surface area contributed by atoms with Crippen LogP contribution >= 0.6 is 11.3 Å². The third-order valence-corrected chi connectivity index (χ3v) is 14.6. The predicted molar refractivity (Wildman–Crippen MR) is 228 cm³/mol. The van der Waals surface area contributed by atoms with Gasteiger partial charge in [-0.25, -0.2) is 18.4 Å². The number of rotatable bonds is 9. The summed E-state index contributed by atoms with van der Waals surface area (Å²) in [5.41, 5.74) is -1.15. The summed E-state index contributed by atoms with van der Waals surface area (Å²) < 4.78 is 81.3. The number of allylic oxidation sites excluding steroid dienone is 1. The van der Waals surface area contributed by atoms with Gasteiger partial charge in [-0.2, -0.15) is 18.2 Å². The largest absolute Gasteiger partial charge is 0.470 e. The minimum absolute atomic E-state index is 0.0372. The van der Waals surface area contributed by atoms with E-state index in [0.717, 1.165) is 36.3 Å². The van der Waals surface area contributed by atoms with Crippen LogP contribution in [-0.4, -0.2) is 94.5 Å². The molecule has 336 valence electrons. The van der Waals surface area contributed by atoms with Crippen LogP contribution in [0.3, 0.4) is 0 Å². The van der Waals surface area contributed by atoms with Crippen molar-refractivity contribution in [3.05, 3.63) is 77.3 Å². The van der Waals surface area contributed by atoms with Crippen molar-refractivity contribution >= 4 is 72.2 Å². The van der Waals surface area contributed by atoms with Gasteiger partial charge < -0.3 is 30.0 Å². The fourth-order valence-electron chi connectivity index (χ4n) is 8.31. The number of aromatic nitrogens is 3. The van der Waals surface area contributed by atoms with Gasteiger partial charge in [-0.3, -0.25) is 23.9 Å². The number of anilines is 1. The fourth-order valence-corrected chi connectivity index (χ4v) is 10.4. The number of fused-ring (bicyclic) bond motifs is 5. The predicted octanol–water partition coefficient (Wildman–Crippen LogP) is 5.71. The molecule has 2 aliphatic carbocycles. The minimum Gasteiger partial charge on any atom is -0.470 e. The molecule has 4 N–H and O–H groups in total. The van der Waals surface area contributed by atoms with Gasteiger partial charge >= 0.3 is 6.18 Å². The summed E-state index contributed by atoms with van der Waals surface area (Å²) in [6, 6.07) is 9.20. The van der Waals surface area contributed by atoms with E-state index in [0.29, 0.717) is 53.7 Å². The SMILES string of the molecule is CNC(=O)c1csc(N[C@H]2CCCCC/C=C\[C@@H]3C[C@@]3(C(=O)NS(=O)(=O)C3CC3)NC(=O)[C@@H]3C[C@@H](Oc4nc(-c5ccc(C(F)(F)F)cc5)nc5c4oc4ccccc45)CN3C2=O)n1. The van der Waals surface area contributed by atoms with E-state index in [-0.39, 0.29) is 47.9 Å². The van der Waals surface area contributed by atoms with Crippen LogP contribution in [0.5, 0.6) is 5.88 Å².